The Morgan fingerprint density at radius 3 is 2.64 bits per heavy atom. The average molecular weight is 203 g/mol. The van der Waals surface area contributed by atoms with E-state index in [0.29, 0.717) is 0 Å². The van der Waals surface area contributed by atoms with Crippen LogP contribution in [0.15, 0.2) is 0 Å². The van der Waals surface area contributed by atoms with Gasteiger partial charge in [-0.1, -0.05) is 0 Å². The zero-order valence-electron chi connectivity index (χ0n) is 7.82. The first-order valence-electron chi connectivity index (χ1n) is 4.27. The Bertz CT molecular complexity index is 254. The lowest BCUT2D eigenvalue weighted by molar-refractivity contribution is -0.162. The summed E-state index contributed by atoms with van der Waals surface area (Å²) in [5.74, 6) is -1.71. The molecule has 0 unspecified atom stereocenters. The maximum absolute atomic E-state index is 11.0. The van der Waals surface area contributed by atoms with Crippen LogP contribution in [-0.4, -0.2) is 46.9 Å². The number of ether oxygens (including phenoxy) is 1. The highest BCUT2D eigenvalue weighted by atomic mass is 16.5. The Morgan fingerprint density at radius 1 is 1.57 bits per heavy atom. The molecule has 0 bridgehead atoms. The van der Waals surface area contributed by atoms with Gasteiger partial charge < -0.3 is 20.3 Å². The standard InChI is InChI=1S/C8H13NO5/c1-5(10)9-8(7(12)13)2-3-14-4-6(8)11/h6,11H,2-4H2,1H3,(H,9,10)(H,12,13)/t6-,8-/m1/s1. The molecule has 3 N–H and O–H groups in total. The maximum Gasteiger partial charge on any atom is 0.332 e. The van der Waals surface area contributed by atoms with Crippen LogP contribution in [0.1, 0.15) is 13.3 Å². The van der Waals surface area contributed by atoms with E-state index in [1.54, 1.807) is 0 Å². The molecule has 0 aromatic rings. The Kier molecular flexibility index (Phi) is 3.07. The third kappa shape index (κ3) is 1.85. The van der Waals surface area contributed by atoms with Crippen molar-refractivity contribution in [3.8, 4) is 0 Å². The van der Waals surface area contributed by atoms with Gasteiger partial charge in [-0.05, 0) is 0 Å². The van der Waals surface area contributed by atoms with Crippen molar-refractivity contribution in [2.45, 2.75) is 25.0 Å². The van der Waals surface area contributed by atoms with Gasteiger partial charge in [-0.15, -0.1) is 0 Å². The molecule has 1 saturated heterocycles. The number of hydrogen-bond donors (Lipinski definition) is 3. The largest absolute Gasteiger partial charge is 0.479 e. The molecule has 14 heavy (non-hydrogen) atoms. The third-order valence-electron chi connectivity index (χ3n) is 2.27. The number of aliphatic carboxylic acids is 1. The number of aliphatic hydroxyl groups is 1. The van der Waals surface area contributed by atoms with Crippen LogP contribution in [0.3, 0.4) is 0 Å². The van der Waals surface area contributed by atoms with Crippen LogP contribution in [0.5, 0.6) is 0 Å². The predicted octanol–water partition coefficient (Wildman–Crippen LogP) is -1.27. The minimum atomic E-state index is -1.59. The smallest absolute Gasteiger partial charge is 0.332 e. The SMILES string of the molecule is CC(=O)N[C@]1(C(=O)O)CCOC[C@H]1O. The van der Waals surface area contributed by atoms with Gasteiger partial charge in [0.05, 0.1) is 6.61 Å². The Morgan fingerprint density at radius 2 is 2.21 bits per heavy atom. The molecular formula is C8H13NO5. The van der Waals surface area contributed by atoms with Gasteiger partial charge >= 0.3 is 5.97 Å². The second kappa shape index (κ2) is 3.93. The van der Waals surface area contributed by atoms with Crippen LogP contribution >= 0.6 is 0 Å². The number of carbonyl (C=O) groups excluding carboxylic acids is 1. The maximum atomic E-state index is 11.0. The van der Waals surface area contributed by atoms with Crippen LogP contribution in [-0.2, 0) is 14.3 Å². The summed E-state index contributed by atoms with van der Waals surface area (Å²) in [6.07, 6.45) is -1.14. The molecule has 6 nitrogen and oxygen atoms in total. The van der Waals surface area contributed by atoms with Crippen LogP contribution < -0.4 is 5.32 Å². The molecule has 80 valence electrons. The Labute approximate surface area is 80.9 Å². The van der Waals surface area contributed by atoms with Gasteiger partial charge in [0.15, 0.2) is 5.54 Å². The molecule has 6 heteroatoms. The summed E-state index contributed by atoms with van der Waals surface area (Å²) in [5, 5.41) is 20.8. The van der Waals surface area contributed by atoms with E-state index in [0.717, 1.165) is 0 Å². The molecule has 0 saturated carbocycles. The molecule has 2 atom stereocenters. The molecule has 0 aromatic heterocycles. The van der Waals surface area contributed by atoms with Gasteiger partial charge in [0.1, 0.15) is 6.10 Å². The third-order valence-corrected chi connectivity index (χ3v) is 2.27. The normalized spacial score (nSPS) is 32.3. The van der Waals surface area contributed by atoms with Gasteiger partial charge in [-0.3, -0.25) is 4.79 Å². The summed E-state index contributed by atoms with van der Waals surface area (Å²) in [7, 11) is 0. The van der Waals surface area contributed by atoms with Crippen LogP contribution in [0.4, 0.5) is 0 Å². The molecule has 0 spiro atoms. The van der Waals surface area contributed by atoms with Crippen LogP contribution in [0.25, 0.3) is 0 Å². The van der Waals surface area contributed by atoms with Crippen molar-refractivity contribution in [3.05, 3.63) is 0 Å². The highest BCUT2D eigenvalue weighted by molar-refractivity contribution is 5.86. The highest BCUT2D eigenvalue weighted by Crippen LogP contribution is 2.21. The van der Waals surface area contributed by atoms with E-state index in [9.17, 15) is 14.7 Å². The predicted molar refractivity (Wildman–Crippen MR) is 45.6 cm³/mol. The molecule has 1 aliphatic rings. The molecule has 1 fully saturated rings. The molecular weight excluding hydrogens is 190 g/mol. The number of carboxylic acid groups (broad SMARTS) is 1. The molecule has 1 heterocycles. The first kappa shape index (κ1) is 10.9. The van der Waals surface area contributed by atoms with E-state index in [1.807, 2.05) is 0 Å². The number of rotatable bonds is 2. The van der Waals surface area contributed by atoms with Crippen molar-refractivity contribution in [3.63, 3.8) is 0 Å². The minimum Gasteiger partial charge on any atom is -0.479 e. The molecule has 0 radical (unpaired) electrons. The number of carbonyl (C=O) groups is 2. The van der Waals surface area contributed by atoms with Gasteiger partial charge in [-0.2, -0.15) is 0 Å². The fourth-order valence-electron chi connectivity index (χ4n) is 1.50. The number of carboxylic acids is 1. The van der Waals surface area contributed by atoms with E-state index in [4.69, 9.17) is 9.84 Å². The lowest BCUT2D eigenvalue weighted by atomic mass is 9.87. The molecule has 1 amide bonds. The second-order valence-electron chi connectivity index (χ2n) is 3.30. The van der Waals surface area contributed by atoms with E-state index in [2.05, 4.69) is 5.32 Å². The van der Waals surface area contributed by atoms with Crippen molar-refractivity contribution in [1.29, 1.82) is 0 Å². The lowest BCUT2D eigenvalue weighted by Crippen LogP contribution is -2.65. The van der Waals surface area contributed by atoms with Crippen molar-refractivity contribution in [2.75, 3.05) is 13.2 Å². The average Bonchev–Trinajstić information content (AvgIpc) is 2.08. The molecule has 1 rings (SSSR count). The lowest BCUT2D eigenvalue weighted by Gasteiger charge is -2.37. The summed E-state index contributed by atoms with van der Waals surface area (Å²) in [6, 6.07) is 0. The summed E-state index contributed by atoms with van der Waals surface area (Å²) >= 11 is 0. The number of hydrogen-bond acceptors (Lipinski definition) is 4. The first-order valence-corrected chi connectivity index (χ1v) is 4.27. The second-order valence-corrected chi connectivity index (χ2v) is 3.30. The zero-order valence-corrected chi connectivity index (χ0v) is 7.82. The van der Waals surface area contributed by atoms with Crippen molar-refractivity contribution < 1.29 is 24.5 Å². The molecule has 0 aliphatic carbocycles. The van der Waals surface area contributed by atoms with E-state index in [1.165, 1.54) is 6.92 Å². The minimum absolute atomic E-state index is 0.0725. The molecule has 1 aliphatic heterocycles. The van der Waals surface area contributed by atoms with Crippen molar-refractivity contribution in [1.82, 2.24) is 5.32 Å². The number of aliphatic hydroxyl groups excluding tert-OH is 1. The fraction of sp³-hybridized carbons (Fsp3) is 0.750. The highest BCUT2D eigenvalue weighted by Gasteiger charge is 2.48. The van der Waals surface area contributed by atoms with E-state index < -0.39 is 23.5 Å². The quantitative estimate of drug-likeness (QED) is 0.520. The van der Waals surface area contributed by atoms with Gasteiger partial charge in [-0.25, -0.2) is 4.79 Å². The number of amides is 1. The van der Waals surface area contributed by atoms with E-state index >= 15 is 0 Å². The van der Waals surface area contributed by atoms with Gasteiger partial charge in [0.25, 0.3) is 0 Å². The van der Waals surface area contributed by atoms with Gasteiger partial charge in [0, 0.05) is 20.0 Å². The van der Waals surface area contributed by atoms with Crippen molar-refractivity contribution >= 4 is 11.9 Å². The van der Waals surface area contributed by atoms with Gasteiger partial charge in [0.2, 0.25) is 5.91 Å². The topological polar surface area (TPSA) is 95.9 Å². The summed E-state index contributed by atoms with van der Waals surface area (Å²) in [6.45, 7) is 1.35. The van der Waals surface area contributed by atoms with Crippen LogP contribution in [0, 0.1) is 0 Å². The summed E-state index contributed by atoms with van der Waals surface area (Å²) in [5.41, 5.74) is -1.59. The summed E-state index contributed by atoms with van der Waals surface area (Å²) < 4.78 is 4.90. The zero-order chi connectivity index (χ0) is 10.8. The summed E-state index contributed by atoms with van der Waals surface area (Å²) in [4.78, 5) is 21.8. The number of nitrogens with one attached hydrogen (secondary N) is 1. The fourth-order valence-corrected chi connectivity index (χ4v) is 1.50. The Hall–Kier alpha value is -1.14. The van der Waals surface area contributed by atoms with E-state index in [-0.39, 0.29) is 19.6 Å². The van der Waals surface area contributed by atoms with Crippen LogP contribution in [0.2, 0.25) is 0 Å². The Balaban J connectivity index is 2.88. The van der Waals surface area contributed by atoms with Crippen molar-refractivity contribution in [2.24, 2.45) is 0 Å². The molecule has 0 aromatic carbocycles. The first-order chi connectivity index (χ1) is 6.49. The monoisotopic (exact) mass is 203 g/mol.